The maximum atomic E-state index is 14.8. The summed E-state index contributed by atoms with van der Waals surface area (Å²) in [6.07, 6.45) is 3.99. The van der Waals surface area contributed by atoms with Crippen molar-refractivity contribution in [3.8, 4) is 0 Å². The third-order valence-electron chi connectivity index (χ3n) is 25.3. The van der Waals surface area contributed by atoms with Crippen molar-refractivity contribution in [1.82, 2.24) is 0 Å². The molecule has 0 atom stereocenters. The van der Waals surface area contributed by atoms with E-state index in [0.29, 0.717) is 13.0 Å². The molecule has 0 N–H and O–H groups in total. The average molecular weight is 847 g/mol. The van der Waals surface area contributed by atoms with Crippen molar-refractivity contribution in [3.05, 3.63) is 33.9 Å². The van der Waals surface area contributed by atoms with E-state index in [1.165, 1.54) is 0 Å². The van der Waals surface area contributed by atoms with Gasteiger partial charge in [0.25, 0.3) is 0 Å². The fourth-order valence-corrected chi connectivity index (χ4v) is 25.3. The number of ether oxygens (including phenoxy) is 1. The van der Waals surface area contributed by atoms with Crippen molar-refractivity contribution < 1.29 is 9.53 Å². The quantitative estimate of drug-likeness (QED) is 0.128. The number of hydrogen-bond donors (Lipinski definition) is 0. The zero-order valence-corrected chi connectivity index (χ0v) is 35.5. The standard InChI is InChI=1S/C67H10O2/c1-2-69-65(68)6-3-4-66-61-53-45-35-25-17-9-7-8-11-15-13(9)21-29-23(15)33-27-19(11)20-12(8)16-14-10(7)18(17)26-32-22(14)30-24(16)34-28(20)38-37(27)47-41(33)51-43(29)49(39(45)31(21)25)55(61)57(51)63-59(47)60-48(38)42(34)52-44(30)50-40(32)46(36(26)35)54(53)62(66)56(50)58(52)64(60)67(63,66)5-6/h3H,2,4-5H2,1H3. The molecule has 0 fully saturated rings. The smallest absolute Gasteiger partial charge is 0.333 e. The van der Waals surface area contributed by atoms with Gasteiger partial charge in [-0.05, 0) is 333 Å². The molecule has 5 aliphatic rings. The SMILES string of the molecule is CCOC(=O)C1=CCC23c4c5c6c7c8c9c(c%10c%11c2c2c4c4c%12c5c5c6c6c8c8c%13c9c9c%10c%10c%11c%11c2c2c4c4c%12c%12c5c5c6c8c6c8c%13c9c9c%10c%10c%11c2c2c4c4c%12c5c6c5c8c9c%10c2c45)C73C1. The van der Waals surface area contributed by atoms with E-state index in [9.17, 15) is 4.79 Å². The number of rotatable bonds is 2. The molecule has 33 rings (SSSR count). The molecule has 2 spiro atoms. The molecule has 28 aromatic rings. The van der Waals surface area contributed by atoms with Crippen LogP contribution in [-0.2, 0) is 20.4 Å². The van der Waals surface area contributed by atoms with Crippen LogP contribution in [0.15, 0.2) is 11.6 Å². The normalized spacial score (nSPS) is 22.8. The number of carbonyl (C=O) groups is 1. The Hall–Kier alpha value is -8.33. The lowest BCUT2D eigenvalue weighted by molar-refractivity contribution is -0.139. The summed E-state index contributed by atoms with van der Waals surface area (Å²) in [5.41, 5.74) is 6.76. The molecule has 0 aromatic heterocycles. The molecule has 2 nitrogen and oxygen atoms in total. The zero-order valence-electron chi connectivity index (χ0n) is 35.5. The van der Waals surface area contributed by atoms with Crippen LogP contribution in [0.25, 0.3) is 291 Å². The van der Waals surface area contributed by atoms with E-state index >= 15 is 0 Å². The molecule has 69 heavy (non-hydrogen) atoms. The third-order valence-corrected chi connectivity index (χ3v) is 25.3. The van der Waals surface area contributed by atoms with Crippen molar-refractivity contribution in [2.75, 3.05) is 6.61 Å². The Bertz CT molecular complexity index is 7030. The number of carbonyl (C=O) groups excluding carboxylic acids is 1. The largest absolute Gasteiger partial charge is 0.463 e. The first kappa shape index (κ1) is 25.7. The highest BCUT2D eigenvalue weighted by molar-refractivity contribution is 6.82. The summed E-state index contributed by atoms with van der Waals surface area (Å²) in [7, 11) is 0. The first-order valence-corrected chi connectivity index (χ1v) is 25.9. The van der Waals surface area contributed by atoms with Crippen molar-refractivity contribution in [2.24, 2.45) is 0 Å². The van der Waals surface area contributed by atoms with Gasteiger partial charge in [-0.1, -0.05) is 6.08 Å². The molecule has 0 saturated carbocycles. The predicted molar refractivity (Wildman–Crippen MR) is 288 cm³/mol. The van der Waals surface area contributed by atoms with Crippen LogP contribution in [0.4, 0.5) is 0 Å². The van der Waals surface area contributed by atoms with Gasteiger partial charge in [-0.25, -0.2) is 4.79 Å². The van der Waals surface area contributed by atoms with Gasteiger partial charge in [0.2, 0.25) is 0 Å². The fourth-order valence-electron chi connectivity index (χ4n) is 25.3. The Kier molecular flexibility index (Phi) is 2.15. The highest BCUT2D eigenvalue weighted by Gasteiger charge is 2.70. The molecule has 0 aliphatic heterocycles. The highest BCUT2D eigenvalue weighted by atomic mass is 16.5. The zero-order chi connectivity index (χ0) is 41.2. The van der Waals surface area contributed by atoms with Gasteiger partial charge in [-0.15, -0.1) is 0 Å². The van der Waals surface area contributed by atoms with E-state index in [0.717, 1.165) is 12.0 Å². The van der Waals surface area contributed by atoms with E-state index < -0.39 is 5.41 Å². The van der Waals surface area contributed by atoms with E-state index in [1.807, 2.05) is 6.92 Å². The molecule has 0 saturated heterocycles. The van der Waals surface area contributed by atoms with Crippen molar-refractivity contribution >= 4 is 297 Å². The van der Waals surface area contributed by atoms with Gasteiger partial charge in [0.15, 0.2) is 0 Å². The van der Waals surface area contributed by atoms with Crippen LogP contribution < -0.4 is 0 Å². The second-order valence-corrected chi connectivity index (χ2v) is 25.4. The molecule has 0 radical (unpaired) electrons. The number of benzene rings is 18. The fraction of sp³-hybridized carbons (Fsp3) is 0.0896. The minimum atomic E-state index is -0.435. The third kappa shape index (κ3) is 1.36. The molecule has 0 unspecified atom stereocenters. The van der Waals surface area contributed by atoms with Gasteiger partial charge in [-0.3, -0.25) is 0 Å². The van der Waals surface area contributed by atoms with Crippen LogP contribution in [-0.4, -0.2) is 12.6 Å². The molecule has 5 aliphatic carbocycles. The summed E-state index contributed by atoms with van der Waals surface area (Å²) in [5.74, 6) is -0.0927. The van der Waals surface area contributed by atoms with Crippen LogP contribution in [0, 0.1) is 0 Å². The van der Waals surface area contributed by atoms with Crippen LogP contribution in [0.3, 0.4) is 0 Å². The average Bonchev–Trinajstić information content (AvgIpc) is 4.27. The van der Waals surface area contributed by atoms with Gasteiger partial charge in [-0.2, -0.15) is 0 Å². The van der Waals surface area contributed by atoms with E-state index in [1.54, 1.807) is 313 Å². The summed E-state index contributed by atoms with van der Waals surface area (Å²) in [4.78, 5) is 14.8. The summed E-state index contributed by atoms with van der Waals surface area (Å²) in [6, 6.07) is 0. The Morgan fingerprint density at radius 2 is 0.478 bits per heavy atom. The molecule has 28 aromatic carbocycles. The topological polar surface area (TPSA) is 26.3 Å². The molecule has 290 valence electrons. The highest BCUT2D eigenvalue weighted by Crippen LogP contribution is 2.85. The Balaban J connectivity index is 1.19. The lowest BCUT2D eigenvalue weighted by Gasteiger charge is -2.56. The predicted octanol–water partition coefficient (Wildman–Crippen LogP) is 17.6. The van der Waals surface area contributed by atoms with Gasteiger partial charge < -0.3 is 4.74 Å². The van der Waals surface area contributed by atoms with Crippen LogP contribution in [0.5, 0.6) is 0 Å². The lowest BCUT2D eigenvalue weighted by atomic mass is 9.44. The molecule has 0 amide bonds. The Morgan fingerprint density at radius 1 is 0.304 bits per heavy atom. The number of esters is 1. The van der Waals surface area contributed by atoms with Crippen molar-refractivity contribution in [3.63, 3.8) is 0 Å². The van der Waals surface area contributed by atoms with E-state index in [4.69, 9.17) is 4.74 Å². The van der Waals surface area contributed by atoms with Crippen molar-refractivity contribution in [1.29, 1.82) is 0 Å². The minimum Gasteiger partial charge on any atom is -0.463 e. The second kappa shape index (κ2) is 5.77. The number of hydrogen-bond acceptors (Lipinski definition) is 2. The van der Waals surface area contributed by atoms with E-state index in [2.05, 4.69) is 6.08 Å². The molecule has 2 heteroatoms. The van der Waals surface area contributed by atoms with Crippen LogP contribution in [0.1, 0.15) is 42.0 Å². The maximum absolute atomic E-state index is 14.8. The van der Waals surface area contributed by atoms with Crippen LogP contribution >= 0.6 is 0 Å². The van der Waals surface area contributed by atoms with Crippen molar-refractivity contribution in [2.45, 2.75) is 30.6 Å². The molecule has 0 heterocycles. The summed E-state index contributed by atoms with van der Waals surface area (Å²) in [6.45, 7) is 2.40. The first-order chi connectivity index (χ1) is 34.3. The van der Waals surface area contributed by atoms with Gasteiger partial charge in [0.05, 0.1) is 6.61 Å². The number of allylic oxidation sites excluding steroid dienone is 1. The maximum Gasteiger partial charge on any atom is 0.333 e. The van der Waals surface area contributed by atoms with E-state index in [-0.39, 0.29) is 11.4 Å². The minimum absolute atomic E-state index is 0.0927. The Labute approximate surface area is 375 Å². The monoisotopic (exact) mass is 846 g/mol. The van der Waals surface area contributed by atoms with Gasteiger partial charge >= 0.3 is 5.97 Å². The second-order valence-electron chi connectivity index (χ2n) is 25.4. The Morgan fingerprint density at radius 3 is 0.667 bits per heavy atom. The molecular weight excluding hydrogens is 837 g/mol. The molecular formula is C67H10O2. The summed E-state index contributed by atoms with van der Waals surface area (Å²) < 4.78 is 6.15. The lowest BCUT2D eigenvalue weighted by Crippen LogP contribution is -2.54. The van der Waals surface area contributed by atoms with Gasteiger partial charge in [0, 0.05) is 16.4 Å². The first-order valence-electron chi connectivity index (χ1n) is 25.9. The summed E-state index contributed by atoms with van der Waals surface area (Å²) in [5, 5.41) is 87.5. The van der Waals surface area contributed by atoms with Crippen LogP contribution in [0.2, 0.25) is 0 Å². The summed E-state index contributed by atoms with van der Waals surface area (Å²) >= 11 is 0. The van der Waals surface area contributed by atoms with Gasteiger partial charge in [0.1, 0.15) is 0 Å². The molecule has 0 bridgehead atoms.